The fraction of sp³-hybridized carbons (Fsp3) is 0.200. The Kier molecular flexibility index (Phi) is 4.09. The molecule has 18 heavy (non-hydrogen) atoms. The molecular formula is C10H6F3LiN2O2. The summed E-state index contributed by atoms with van der Waals surface area (Å²) in [5.41, 5.74) is -0.376. The molecule has 0 fully saturated rings. The zero-order valence-corrected chi connectivity index (χ0v) is 9.34. The van der Waals surface area contributed by atoms with Crippen LogP contribution < -0.4 is 24.0 Å². The Morgan fingerprint density at radius 3 is 2.61 bits per heavy atom. The van der Waals surface area contributed by atoms with Crippen LogP contribution in [-0.2, 0) is 17.4 Å². The van der Waals surface area contributed by atoms with E-state index in [1.54, 1.807) is 0 Å². The molecule has 0 amide bonds. The molecule has 2 aromatic rings. The van der Waals surface area contributed by atoms with Gasteiger partial charge in [0.15, 0.2) is 0 Å². The second-order valence-electron chi connectivity index (χ2n) is 3.46. The smallest absolute Gasteiger partial charge is 0.550 e. The van der Waals surface area contributed by atoms with Crippen LogP contribution in [0.5, 0.6) is 0 Å². The topological polar surface area (TPSA) is 68.8 Å². The van der Waals surface area contributed by atoms with Gasteiger partial charge in [-0.05, 0) is 18.2 Å². The third kappa shape index (κ3) is 3.06. The van der Waals surface area contributed by atoms with E-state index in [1.807, 2.05) is 0 Å². The molecule has 1 heterocycles. The number of hydrogen-bond acceptors (Lipinski definition) is 3. The number of carboxylic acid groups (broad SMARTS) is 1. The van der Waals surface area contributed by atoms with Crippen molar-refractivity contribution in [2.45, 2.75) is 12.6 Å². The number of benzene rings is 1. The van der Waals surface area contributed by atoms with Crippen LogP contribution in [0.15, 0.2) is 18.2 Å². The summed E-state index contributed by atoms with van der Waals surface area (Å²) in [7, 11) is 0. The van der Waals surface area contributed by atoms with E-state index in [9.17, 15) is 23.1 Å². The Balaban J connectivity index is 0.00000162. The number of aliphatic carboxylic acids is 1. The van der Waals surface area contributed by atoms with Crippen LogP contribution in [0.3, 0.4) is 0 Å². The summed E-state index contributed by atoms with van der Waals surface area (Å²) in [5, 5.41) is 10.3. The van der Waals surface area contributed by atoms with E-state index in [0.717, 1.165) is 12.1 Å². The largest absolute Gasteiger partial charge is 1.00 e. The number of nitrogens with one attached hydrogen (secondary N) is 1. The van der Waals surface area contributed by atoms with Gasteiger partial charge >= 0.3 is 25.0 Å². The van der Waals surface area contributed by atoms with Crippen LogP contribution in [0, 0.1) is 0 Å². The number of carbonyl (C=O) groups excluding carboxylic acids is 1. The van der Waals surface area contributed by atoms with Gasteiger partial charge in [0, 0.05) is 12.4 Å². The molecule has 90 valence electrons. The van der Waals surface area contributed by atoms with E-state index in [2.05, 4.69) is 9.97 Å². The molecule has 8 heteroatoms. The number of carbonyl (C=O) groups is 1. The number of halogens is 3. The van der Waals surface area contributed by atoms with Crippen molar-refractivity contribution < 1.29 is 41.9 Å². The van der Waals surface area contributed by atoms with Crippen molar-refractivity contribution >= 4 is 17.0 Å². The molecule has 2 rings (SSSR count). The summed E-state index contributed by atoms with van der Waals surface area (Å²) in [6, 6.07) is 2.97. The van der Waals surface area contributed by atoms with E-state index in [0.29, 0.717) is 0 Å². The molecule has 1 aromatic heterocycles. The van der Waals surface area contributed by atoms with Crippen molar-refractivity contribution in [2.24, 2.45) is 0 Å². The van der Waals surface area contributed by atoms with Crippen LogP contribution in [-0.4, -0.2) is 15.9 Å². The van der Waals surface area contributed by atoms with Gasteiger partial charge in [-0.3, -0.25) is 0 Å². The molecule has 0 aliphatic heterocycles. The molecule has 0 unspecified atom stereocenters. The van der Waals surface area contributed by atoms with E-state index >= 15 is 0 Å². The van der Waals surface area contributed by atoms with Crippen LogP contribution in [0.4, 0.5) is 13.2 Å². The van der Waals surface area contributed by atoms with Crippen molar-refractivity contribution in [1.82, 2.24) is 9.97 Å². The summed E-state index contributed by atoms with van der Waals surface area (Å²) in [6.07, 6.45) is -4.90. The fourth-order valence-corrected chi connectivity index (χ4v) is 1.46. The SMILES string of the molecule is O=C([O-])Cc1nc2ccc(C(F)(F)F)cc2[nH]1.[Li+]. The van der Waals surface area contributed by atoms with Gasteiger partial charge in [0.2, 0.25) is 0 Å². The van der Waals surface area contributed by atoms with Crippen molar-refractivity contribution in [3.8, 4) is 0 Å². The number of hydrogen-bond donors (Lipinski definition) is 1. The van der Waals surface area contributed by atoms with Crippen LogP contribution >= 0.6 is 0 Å². The molecule has 4 nitrogen and oxygen atoms in total. The first-order valence-electron chi connectivity index (χ1n) is 4.62. The number of nitrogens with zero attached hydrogens (tertiary/aromatic N) is 1. The number of carboxylic acids is 1. The number of rotatable bonds is 2. The summed E-state index contributed by atoms with van der Waals surface area (Å²) < 4.78 is 37.2. The van der Waals surface area contributed by atoms with Gasteiger partial charge in [0.1, 0.15) is 5.82 Å². The molecule has 0 spiro atoms. The summed E-state index contributed by atoms with van der Waals surface area (Å²) in [6.45, 7) is 0. The number of imidazole rings is 1. The third-order valence-electron chi connectivity index (χ3n) is 2.17. The van der Waals surface area contributed by atoms with Gasteiger partial charge < -0.3 is 14.9 Å². The van der Waals surface area contributed by atoms with Gasteiger partial charge in [-0.1, -0.05) is 0 Å². The second-order valence-corrected chi connectivity index (χ2v) is 3.46. The maximum atomic E-state index is 12.4. The minimum absolute atomic E-state index is 0. The fourth-order valence-electron chi connectivity index (χ4n) is 1.46. The molecule has 0 radical (unpaired) electrons. The van der Waals surface area contributed by atoms with Gasteiger partial charge in [-0.15, -0.1) is 0 Å². The van der Waals surface area contributed by atoms with Crippen LogP contribution in [0.2, 0.25) is 0 Å². The number of aromatic amines is 1. The molecule has 1 N–H and O–H groups in total. The first kappa shape index (κ1) is 14.6. The maximum Gasteiger partial charge on any atom is 1.00 e. The molecule has 0 aliphatic rings. The Labute approximate surface area is 111 Å². The zero-order chi connectivity index (χ0) is 12.6. The van der Waals surface area contributed by atoms with Gasteiger partial charge in [0.05, 0.1) is 16.6 Å². The predicted octanol–water partition coefficient (Wildman–Crippen LogP) is -2.12. The third-order valence-corrected chi connectivity index (χ3v) is 2.17. The van der Waals surface area contributed by atoms with E-state index in [4.69, 9.17) is 0 Å². The molecule has 0 saturated carbocycles. The minimum atomic E-state index is -4.44. The van der Waals surface area contributed by atoms with Crippen molar-refractivity contribution in [3.63, 3.8) is 0 Å². The second kappa shape index (κ2) is 5.04. The van der Waals surface area contributed by atoms with Crippen molar-refractivity contribution in [1.29, 1.82) is 0 Å². The predicted molar refractivity (Wildman–Crippen MR) is 49.8 cm³/mol. The Hall–Kier alpha value is -1.45. The van der Waals surface area contributed by atoms with Crippen molar-refractivity contribution in [3.05, 3.63) is 29.6 Å². The Morgan fingerprint density at radius 2 is 2.06 bits per heavy atom. The maximum absolute atomic E-state index is 12.4. The molecule has 0 bridgehead atoms. The summed E-state index contributed by atoms with van der Waals surface area (Å²) >= 11 is 0. The number of fused-ring (bicyclic) bond motifs is 1. The van der Waals surface area contributed by atoms with Gasteiger partial charge in [-0.25, -0.2) is 4.98 Å². The number of aromatic nitrogens is 2. The van der Waals surface area contributed by atoms with Crippen LogP contribution in [0.1, 0.15) is 11.4 Å². The standard InChI is InChI=1S/C10H7F3N2O2.Li/c11-10(12,13)5-1-2-6-7(3-5)15-8(14-6)4-9(16)17;/h1-3H,4H2,(H,14,15)(H,16,17);/q;+1/p-1. The van der Waals surface area contributed by atoms with Gasteiger partial charge in [0.25, 0.3) is 0 Å². The van der Waals surface area contributed by atoms with Crippen molar-refractivity contribution in [2.75, 3.05) is 0 Å². The summed E-state index contributed by atoms with van der Waals surface area (Å²) in [5.74, 6) is -1.28. The first-order valence-corrected chi connectivity index (χ1v) is 4.62. The van der Waals surface area contributed by atoms with Gasteiger partial charge in [-0.2, -0.15) is 13.2 Å². The quantitative estimate of drug-likeness (QED) is 0.619. The van der Waals surface area contributed by atoms with E-state index in [1.165, 1.54) is 6.07 Å². The first-order chi connectivity index (χ1) is 7.86. The van der Waals surface area contributed by atoms with Crippen LogP contribution in [0.25, 0.3) is 11.0 Å². The van der Waals surface area contributed by atoms with E-state index < -0.39 is 24.1 Å². The average Bonchev–Trinajstić information content (AvgIpc) is 2.55. The Bertz CT molecular complexity index is 580. The zero-order valence-electron chi connectivity index (χ0n) is 9.34. The summed E-state index contributed by atoms with van der Waals surface area (Å²) in [4.78, 5) is 16.7. The normalized spacial score (nSPS) is 11.3. The number of alkyl halides is 3. The number of H-pyrrole nitrogens is 1. The monoisotopic (exact) mass is 250 g/mol. The average molecular weight is 250 g/mol. The molecule has 1 aromatic carbocycles. The molecule has 0 atom stereocenters. The minimum Gasteiger partial charge on any atom is -0.550 e. The molecule has 0 saturated heterocycles. The Morgan fingerprint density at radius 1 is 1.39 bits per heavy atom. The molecular weight excluding hydrogens is 244 g/mol. The molecule has 0 aliphatic carbocycles. The van der Waals surface area contributed by atoms with E-state index in [-0.39, 0.29) is 35.7 Å².